The second kappa shape index (κ2) is 12.1. The van der Waals surface area contributed by atoms with Crippen molar-refractivity contribution in [3.05, 3.63) is 97.1 Å². The van der Waals surface area contributed by atoms with Crippen LogP contribution in [0, 0.1) is 0 Å². The smallest absolute Gasteiger partial charge is 0.207 e. The van der Waals surface area contributed by atoms with Gasteiger partial charge in [-0.05, 0) is 60.7 Å². The number of hydrogen-bond donors (Lipinski definition) is 0. The molecule has 0 aliphatic carbocycles. The molecule has 0 radical (unpaired) electrons. The van der Waals surface area contributed by atoms with Crippen LogP contribution in [0.2, 0.25) is 0 Å². The molecule has 0 bridgehead atoms. The van der Waals surface area contributed by atoms with Crippen LogP contribution in [-0.4, -0.2) is 16.8 Å². The molecule has 0 aliphatic heterocycles. The lowest BCUT2D eigenvalue weighted by molar-refractivity contribution is 0.607. The Bertz CT molecular complexity index is 1460. The van der Waals surface area contributed by atoms with Gasteiger partial charge in [-0.2, -0.15) is 0 Å². The predicted octanol–water partition coefficient (Wildman–Crippen LogP) is 8.64. The van der Waals surface area contributed by atoms with E-state index in [0.717, 1.165) is 29.4 Å². The summed E-state index contributed by atoms with van der Waals surface area (Å²) in [5, 5.41) is 0. The summed E-state index contributed by atoms with van der Waals surface area (Å²) < 4.78 is 47.8. The van der Waals surface area contributed by atoms with Crippen molar-refractivity contribution in [3.63, 3.8) is 0 Å². The van der Waals surface area contributed by atoms with Gasteiger partial charge in [0.1, 0.15) is 0 Å². The van der Waals surface area contributed by atoms with Crippen LogP contribution in [-0.2, 0) is 18.1 Å². The summed E-state index contributed by atoms with van der Waals surface area (Å²) in [5.41, 5.74) is 0. The van der Waals surface area contributed by atoms with E-state index < -0.39 is 18.1 Å². The Hall–Kier alpha value is -1.24. The third-order valence-corrected chi connectivity index (χ3v) is 12.1. The molecule has 0 aromatic heterocycles. The number of halogens is 2. The van der Waals surface area contributed by atoms with E-state index in [1.807, 2.05) is 60.7 Å². The van der Waals surface area contributed by atoms with Crippen molar-refractivity contribution in [2.75, 3.05) is 0 Å². The SMILES string of the molecule is O=S(=O)(Cl)c1ccc(SSc2ccc(S(=O)(=O)Cl)cc2Sc2ccccc2)c(Sc2ccccc2)c1. The summed E-state index contributed by atoms with van der Waals surface area (Å²) >= 11 is 2.87. The van der Waals surface area contributed by atoms with Crippen molar-refractivity contribution in [1.82, 2.24) is 0 Å². The molecule has 4 rings (SSSR count). The third-order valence-electron chi connectivity index (χ3n) is 4.56. The fourth-order valence-corrected chi connectivity index (χ4v) is 9.34. The molecule has 186 valence electrons. The van der Waals surface area contributed by atoms with Crippen LogP contribution in [0.3, 0.4) is 0 Å². The maximum absolute atomic E-state index is 11.9. The van der Waals surface area contributed by atoms with Gasteiger partial charge in [-0.1, -0.05) is 81.5 Å². The van der Waals surface area contributed by atoms with Crippen LogP contribution in [0.15, 0.2) is 136 Å². The molecule has 0 heterocycles. The van der Waals surface area contributed by atoms with Gasteiger partial charge < -0.3 is 0 Å². The first-order chi connectivity index (χ1) is 17.1. The van der Waals surface area contributed by atoms with Crippen molar-refractivity contribution in [2.24, 2.45) is 0 Å². The van der Waals surface area contributed by atoms with Crippen LogP contribution in [0.5, 0.6) is 0 Å². The summed E-state index contributed by atoms with van der Waals surface area (Å²) in [7, 11) is 6.29. The topological polar surface area (TPSA) is 68.3 Å². The second-order valence-electron chi connectivity index (χ2n) is 7.09. The Labute approximate surface area is 235 Å². The zero-order chi connectivity index (χ0) is 25.8. The normalized spacial score (nSPS) is 11.9. The van der Waals surface area contributed by atoms with E-state index in [4.69, 9.17) is 21.4 Å². The third kappa shape index (κ3) is 7.64. The first kappa shape index (κ1) is 27.8. The lowest BCUT2D eigenvalue weighted by atomic mass is 10.4. The minimum absolute atomic E-state index is 0.0222. The maximum Gasteiger partial charge on any atom is 0.261 e. The van der Waals surface area contributed by atoms with Gasteiger partial charge >= 0.3 is 0 Å². The fraction of sp³-hybridized carbons (Fsp3) is 0. The minimum Gasteiger partial charge on any atom is -0.207 e. The van der Waals surface area contributed by atoms with Gasteiger partial charge in [0.15, 0.2) is 0 Å². The molecule has 4 nitrogen and oxygen atoms in total. The van der Waals surface area contributed by atoms with Crippen molar-refractivity contribution < 1.29 is 16.8 Å². The molecule has 4 aromatic carbocycles. The van der Waals surface area contributed by atoms with Crippen molar-refractivity contribution in [3.8, 4) is 0 Å². The molecule has 0 saturated carbocycles. The first-order valence-electron chi connectivity index (χ1n) is 10.1. The summed E-state index contributed by atoms with van der Waals surface area (Å²) in [6.45, 7) is 0. The summed E-state index contributed by atoms with van der Waals surface area (Å²) in [6, 6.07) is 28.7. The molecule has 0 spiro atoms. The molecule has 0 aliphatic rings. The highest BCUT2D eigenvalue weighted by molar-refractivity contribution is 8.76. The van der Waals surface area contributed by atoms with Crippen LogP contribution < -0.4 is 0 Å². The van der Waals surface area contributed by atoms with Crippen LogP contribution in [0.1, 0.15) is 0 Å². The van der Waals surface area contributed by atoms with Gasteiger partial charge in [-0.3, -0.25) is 0 Å². The molecule has 12 heteroatoms. The minimum atomic E-state index is -3.89. The van der Waals surface area contributed by atoms with Crippen molar-refractivity contribution in [2.45, 2.75) is 39.2 Å². The van der Waals surface area contributed by atoms with E-state index in [0.29, 0.717) is 0 Å². The molecule has 0 N–H and O–H groups in total. The standard InChI is InChI=1S/C24H16Cl2O4S6/c25-35(27,28)19-11-13-21(23(15-19)31-17-7-3-1-4-8-17)33-34-22-14-12-20(36(26,29)30)16-24(22)32-18-9-5-2-6-10-18/h1-16H. The van der Waals surface area contributed by atoms with Gasteiger partial charge in [0.2, 0.25) is 0 Å². The molecular formula is C24H16Cl2O4S6. The Morgan fingerprint density at radius 3 is 1.17 bits per heavy atom. The van der Waals surface area contributed by atoms with Crippen LogP contribution in [0.25, 0.3) is 0 Å². The summed E-state index contributed by atoms with van der Waals surface area (Å²) in [4.78, 5) is 5.08. The van der Waals surface area contributed by atoms with E-state index in [9.17, 15) is 16.8 Å². The average molecular weight is 632 g/mol. The zero-order valence-electron chi connectivity index (χ0n) is 18.1. The Kier molecular flexibility index (Phi) is 9.33. The fourth-order valence-electron chi connectivity index (χ4n) is 2.90. The molecule has 4 aromatic rings. The molecule has 0 atom stereocenters. The van der Waals surface area contributed by atoms with Gasteiger partial charge in [0.25, 0.3) is 18.1 Å². The van der Waals surface area contributed by atoms with Gasteiger partial charge in [0.05, 0.1) is 9.79 Å². The Balaban J connectivity index is 1.67. The first-order valence-corrected chi connectivity index (χ1v) is 18.5. The molecular weight excluding hydrogens is 616 g/mol. The number of benzene rings is 4. The lowest BCUT2D eigenvalue weighted by Gasteiger charge is -2.13. The molecule has 36 heavy (non-hydrogen) atoms. The Morgan fingerprint density at radius 1 is 0.472 bits per heavy atom. The monoisotopic (exact) mass is 630 g/mol. The van der Waals surface area contributed by atoms with E-state index in [1.165, 1.54) is 57.2 Å². The highest BCUT2D eigenvalue weighted by Crippen LogP contribution is 2.48. The quantitative estimate of drug-likeness (QED) is 0.134. The summed E-state index contributed by atoms with van der Waals surface area (Å²) in [6.07, 6.45) is 0. The molecule has 0 saturated heterocycles. The summed E-state index contributed by atoms with van der Waals surface area (Å²) in [5.74, 6) is 0. The molecule has 0 amide bonds. The van der Waals surface area contributed by atoms with Gasteiger partial charge in [0, 0.05) is 50.7 Å². The predicted molar refractivity (Wildman–Crippen MR) is 152 cm³/mol. The van der Waals surface area contributed by atoms with Crippen LogP contribution >= 0.6 is 66.5 Å². The van der Waals surface area contributed by atoms with Crippen molar-refractivity contribution >= 4 is 84.6 Å². The number of rotatable bonds is 9. The highest BCUT2D eigenvalue weighted by atomic mass is 35.7. The maximum atomic E-state index is 11.9. The van der Waals surface area contributed by atoms with Crippen molar-refractivity contribution in [1.29, 1.82) is 0 Å². The van der Waals surface area contributed by atoms with E-state index >= 15 is 0 Å². The molecule has 0 fully saturated rings. The lowest BCUT2D eigenvalue weighted by Crippen LogP contribution is -1.92. The zero-order valence-corrected chi connectivity index (χ0v) is 24.5. The van der Waals surface area contributed by atoms with E-state index in [1.54, 1.807) is 24.3 Å². The highest BCUT2D eigenvalue weighted by Gasteiger charge is 2.18. The average Bonchev–Trinajstić information content (AvgIpc) is 2.84. The van der Waals surface area contributed by atoms with Crippen LogP contribution in [0.4, 0.5) is 0 Å². The van der Waals surface area contributed by atoms with Gasteiger partial charge in [-0.15, -0.1) is 0 Å². The van der Waals surface area contributed by atoms with E-state index in [-0.39, 0.29) is 9.79 Å². The van der Waals surface area contributed by atoms with Gasteiger partial charge in [-0.25, -0.2) is 16.8 Å². The van der Waals surface area contributed by atoms with E-state index in [2.05, 4.69) is 0 Å². The molecule has 0 unspecified atom stereocenters. The Morgan fingerprint density at radius 2 is 0.833 bits per heavy atom. The largest absolute Gasteiger partial charge is 0.261 e. The second-order valence-corrected chi connectivity index (χ2v) is 16.7. The number of hydrogen-bond acceptors (Lipinski definition) is 8.